The van der Waals surface area contributed by atoms with E-state index in [9.17, 15) is 12.8 Å². The molecule has 0 saturated carbocycles. The Bertz CT molecular complexity index is 376. The van der Waals surface area contributed by atoms with Crippen molar-refractivity contribution in [1.29, 1.82) is 0 Å². The minimum atomic E-state index is -3.70. The van der Waals surface area contributed by atoms with Crippen LogP contribution in [-0.4, -0.2) is 8.42 Å². The van der Waals surface area contributed by atoms with Gasteiger partial charge in [0.15, 0.2) is 0 Å². The first-order valence-electron chi connectivity index (χ1n) is 3.41. The molecule has 72 valence electrons. The van der Waals surface area contributed by atoms with Crippen LogP contribution in [0.15, 0.2) is 24.3 Å². The van der Waals surface area contributed by atoms with Crippen molar-refractivity contribution in [2.24, 2.45) is 0 Å². The van der Waals surface area contributed by atoms with E-state index in [-0.39, 0.29) is 12.4 Å². The number of rotatable bonds is 3. The highest BCUT2D eigenvalue weighted by Crippen LogP contribution is 2.03. The first-order valence-corrected chi connectivity index (χ1v) is 5.72. The molecular weight excluding hydrogens is 217 g/mol. The maximum atomic E-state index is 12.4. The van der Waals surface area contributed by atoms with Crippen LogP contribution in [0.1, 0.15) is 5.56 Å². The SMILES string of the molecule is O=S(=O)(Cl)NCc1ccc(F)cc1. The van der Waals surface area contributed by atoms with Gasteiger partial charge in [-0.15, -0.1) is 0 Å². The number of nitrogens with one attached hydrogen (secondary N) is 1. The minimum Gasteiger partial charge on any atom is -0.207 e. The molecule has 0 aliphatic carbocycles. The Morgan fingerprint density at radius 3 is 2.31 bits per heavy atom. The van der Waals surface area contributed by atoms with Crippen molar-refractivity contribution < 1.29 is 12.8 Å². The highest BCUT2D eigenvalue weighted by Gasteiger charge is 2.02. The summed E-state index contributed by atoms with van der Waals surface area (Å²) in [6, 6.07) is 5.45. The molecule has 1 aromatic carbocycles. The topological polar surface area (TPSA) is 46.2 Å². The first kappa shape index (κ1) is 10.4. The molecule has 0 unspecified atom stereocenters. The molecule has 3 nitrogen and oxygen atoms in total. The second kappa shape index (κ2) is 4.04. The third kappa shape index (κ3) is 4.21. The normalized spacial score (nSPS) is 11.5. The molecule has 0 fully saturated rings. The van der Waals surface area contributed by atoms with Crippen LogP contribution in [-0.2, 0) is 15.8 Å². The van der Waals surface area contributed by atoms with Gasteiger partial charge in [-0.2, -0.15) is 13.1 Å². The van der Waals surface area contributed by atoms with E-state index in [2.05, 4.69) is 4.72 Å². The average Bonchev–Trinajstić information content (AvgIpc) is 2.02. The Labute approximate surface area is 80.1 Å². The maximum Gasteiger partial charge on any atom is 0.297 e. The van der Waals surface area contributed by atoms with Gasteiger partial charge in [0.1, 0.15) is 5.82 Å². The fraction of sp³-hybridized carbons (Fsp3) is 0.143. The summed E-state index contributed by atoms with van der Waals surface area (Å²) in [7, 11) is 1.20. The number of hydrogen-bond acceptors (Lipinski definition) is 2. The van der Waals surface area contributed by atoms with E-state index < -0.39 is 9.24 Å². The highest BCUT2D eigenvalue weighted by atomic mass is 35.7. The lowest BCUT2D eigenvalue weighted by atomic mass is 10.2. The average molecular weight is 224 g/mol. The standard InChI is InChI=1S/C7H7ClFNO2S/c8-13(11,12)10-5-6-1-3-7(9)4-2-6/h1-4,10H,5H2. The van der Waals surface area contributed by atoms with Crippen LogP contribution in [0.2, 0.25) is 0 Å². The van der Waals surface area contributed by atoms with Gasteiger partial charge in [-0.25, -0.2) is 4.39 Å². The summed E-state index contributed by atoms with van der Waals surface area (Å²) in [5, 5.41) is 0. The Hall–Kier alpha value is -0.650. The number of benzene rings is 1. The molecule has 0 amide bonds. The fourth-order valence-electron chi connectivity index (χ4n) is 0.772. The van der Waals surface area contributed by atoms with Crippen molar-refractivity contribution in [3.05, 3.63) is 35.6 Å². The summed E-state index contributed by atoms with van der Waals surface area (Å²) in [6.45, 7) is 0.0616. The lowest BCUT2D eigenvalue weighted by Gasteiger charge is -2.00. The smallest absolute Gasteiger partial charge is 0.207 e. The summed E-state index contributed by atoms with van der Waals surface area (Å²) in [4.78, 5) is 0. The van der Waals surface area contributed by atoms with Crippen LogP contribution in [0.3, 0.4) is 0 Å². The largest absolute Gasteiger partial charge is 0.297 e. The van der Waals surface area contributed by atoms with Gasteiger partial charge in [-0.3, -0.25) is 0 Å². The molecule has 0 heterocycles. The van der Waals surface area contributed by atoms with Gasteiger partial charge in [0.2, 0.25) is 0 Å². The molecule has 1 N–H and O–H groups in total. The Morgan fingerprint density at radius 1 is 1.31 bits per heavy atom. The van der Waals surface area contributed by atoms with Gasteiger partial charge in [0.25, 0.3) is 9.24 Å². The third-order valence-corrected chi connectivity index (χ3v) is 2.18. The second-order valence-electron chi connectivity index (χ2n) is 2.39. The lowest BCUT2D eigenvalue weighted by molar-refractivity contribution is 0.596. The van der Waals surface area contributed by atoms with E-state index in [1.165, 1.54) is 24.3 Å². The molecule has 6 heteroatoms. The van der Waals surface area contributed by atoms with Gasteiger partial charge in [-0.05, 0) is 17.7 Å². The maximum absolute atomic E-state index is 12.4. The van der Waals surface area contributed by atoms with Gasteiger partial charge in [0, 0.05) is 17.2 Å². The quantitative estimate of drug-likeness (QED) is 0.788. The van der Waals surface area contributed by atoms with Crippen molar-refractivity contribution in [3.8, 4) is 0 Å². The van der Waals surface area contributed by atoms with E-state index in [4.69, 9.17) is 10.7 Å². The first-order chi connectivity index (χ1) is 5.97. The lowest BCUT2D eigenvalue weighted by Crippen LogP contribution is -2.17. The molecular formula is C7H7ClFNO2S. The zero-order valence-electron chi connectivity index (χ0n) is 6.50. The van der Waals surface area contributed by atoms with Gasteiger partial charge in [-0.1, -0.05) is 12.1 Å². The molecule has 0 aromatic heterocycles. The monoisotopic (exact) mass is 223 g/mol. The van der Waals surface area contributed by atoms with Gasteiger partial charge < -0.3 is 0 Å². The number of halogens is 2. The van der Waals surface area contributed by atoms with Crippen molar-refractivity contribution >= 4 is 19.9 Å². The molecule has 0 radical (unpaired) electrons. The van der Waals surface area contributed by atoms with E-state index in [0.717, 1.165) is 0 Å². The molecule has 1 rings (SSSR count). The molecule has 0 bridgehead atoms. The summed E-state index contributed by atoms with van der Waals surface area (Å²) < 4.78 is 35.4. The van der Waals surface area contributed by atoms with Gasteiger partial charge in [0.05, 0.1) is 0 Å². The van der Waals surface area contributed by atoms with Crippen LogP contribution in [0.5, 0.6) is 0 Å². The van der Waals surface area contributed by atoms with Crippen LogP contribution < -0.4 is 4.72 Å². The predicted octanol–water partition coefficient (Wildman–Crippen LogP) is 1.40. The second-order valence-corrected chi connectivity index (χ2v) is 4.77. The predicted molar refractivity (Wildman–Crippen MR) is 48.0 cm³/mol. The van der Waals surface area contributed by atoms with Crippen molar-refractivity contribution in [1.82, 2.24) is 4.72 Å². The van der Waals surface area contributed by atoms with Crippen LogP contribution in [0.25, 0.3) is 0 Å². The Kier molecular flexibility index (Phi) is 3.24. The van der Waals surface area contributed by atoms with Crippen molar-refractivity contribution in [3.63, 3.8) is 0 Å². The zero-order valence-corrected chi connectivity index (χ0v) is 8.07. The number of hydrogen-bond donors (Lipinski definition) is 1. The summed E-state index contributed by atoms with van der Waals surface area (Å²) in [5.41, 5.74) is 0.644. The van der Waals surface area contributed by atoms with Gasteiger partial charge >= 0.3 is 0 Å². The summed E-state index contributed by atoms with van der Waals surface area (Å²) in [6.07, 6.45) is 0. The van der Waals surface area contributed by atoms with Crippen LogP contribution in [0, 0.1) is 5.82 Å². The van der Waals surface area contributed by atoms with Crippen LogP contribution in [0.4, 0.5) is 4.39 Å². The molecule has 13 heavy (non-hydrogen) atoms. The van der Waals surface area contributed by atoms with E-state index in [1.807, 2.05) is 0 Å². The van der Waals surface area contributed by atoms with Crippen molar-refractivity contribution in [2.45, 2.75) is 6.54 Å². The molecule has 1 aromatic rings. The molecule has 0 aliphatic rings. The minimum absolute atomic E-state index is 0.0616. The molecule has 0 spiro atoms. The highest BCUT2D eigenvalue weighted by molar-refractivity contribution is 8.12. The van der Waals surface area contributed by atoms with E-state index in [1.54, 1.807) is 0 Å². The van der Waals surface area contributed by atoms with Crippen molar-refractivity contribution in [2.75, 3.05) is 0 Å². The zero-order chi connectivity index (χ0) is 9.90. The summed E-state index contributed by atoms with van der Waals surface area (Å²) >= 11 is 0. The fourth-order valence-corrected chi connectivity index (χ4v) is 1.27. The molecule has 0 atom stereocenters. The van der Waals surface area contributed by atoms with E-state index in [0.29, 0.717) is 5.56 Å². The Balaban J connectivity index is 2.61. The molecule has 0 aliphatic heterocycles. The van der Waals surface area contributed by atoms with E-state index >= 15 is 0 Å². The third-order valence-electron chi connectivity index (χ3n) is 1.36. The Morgan fingerprint density at radius 2 is 1.85 bits per heavy atom. The van der Waals surface area contributed by atoms with Crippen LogP contribution >= 0.6 is 10.7 Å². The molecule has 0 saturated heterocycles. The summed E-state index contributed by atoms with van der Waals surface area (Å²) in [5.74, 6) is -0.363.